The van der Waals surface area contributed by atoms with Crippen molar-refractivity contribution >= 4 is 26.8 Å². The number of aromatic nitrogens is 2. The van der Waals surface area contributed by atoms with Gasteiger partial charge in [-0.1, -0.05) is 36.7 Å². The summed E-state index contributed by atoms with van der Waals surface area (Å²) in [6.45, 7) is 7.36. The van der Waals surface area contributed by atoms with Crippen molar-refractivity contribution in [1.82, 2.24) is 9.55 Å². The molecule has 0 aliphatic heterocycles. The molecular weight excluding hydrogens is 304 g/mol. The van der Waals surface area contributed by atoms with Gasteiger partial charge in [-0.2, -0.15) is 4.98 Å². The molecule has 3 nitrogen and oxygen atoms in total. The topological polar surface area (TPSA) is 34.9 Å². The van der Waals surface area contributed by atoms with Gasteiger partial charge in [0.15, 0.2) is 0 Å². The Kier molecular flexibility index (Phi) is 4.40. The average molecular weight is 323 g/mol. The Morgan fingerprint density at radius 3 is 2.74 bits per heavy atom. The zero-order valence-electron chi connectivity index (χ0n) is 11.6. The molecule has 0 atom stereocenters. The highest BCUT2D eigenvalue weighted by atomic mass is 79.9. The zero-order valence-corrected chi connectivity index (χ0v) is 13.2. The summed E-state index contributed by atoms with van der Waals surface area (Å²) in [4.78, 5) is 16.2. The van der Waals surface area contributed by atoms with Crippen LogP contribution in [-0.2, 0) is 13.0 Å². The monoisotopic (exact) mass is 322 g/mol. The Hall–Kier alpha value is -1.16. The Morgan fingerprint density at radius 2 is 2.11 bits per heavy atom. The van der Waals surface area contributed by atoms with E-state index >= 15 is 0 Å². The van der Waals surface area contributed by atoms with Gasteiger partial charge in [-0.3, -0.25) is 4.79 Å². The largest absolute Gasteiger partial charge is 0.329 e. The van der Waals surface area contributed by atoms with Crippen LogP contribution in [0.2, 0.25) is 0 Å². The summed E-state index contributed by atoms with van der Waals surface area (Å²) >= 11 is 3.48. The molecule has 2 rings (SSSR count). The summed E-state index contributed by atoms with van der Waals surface area (Å²) in [5.74, 6) is 1.50. The summed E-state index contributed by atoms with van der Waals surface area (Å²) in [7, 11) is 0. The molecule has 0 unspecified atom stereocenters. The molecule has 1 heterocycles. The van der Waals surface area contributed by atoms with Crippen molar-refractivity contribution in [3.05, 3.63) is 38.9 Å². The first-order chi connectivity index (χ1) is 9.02. The van der Waals surface area contributed by atoms with Crippen molar-refractivity contribution in [2.75, 3.05) is 0 Å². The molecule has 0 saturated heterocycles. The maximum Gasteiger partial charge on any atom is 0.280 e. The summed E-state index contributed by atoms with van der Waals surface area (Å²) in [5, 5.41) is 0.698. The van der Waals surface area contributed by atoms with Crippen LogP contribution in [0.4, 0.5) is 0 Å². The van der Waals surface area contributed by atoms with E-state index in [1.807, 2.05) is 25.1 Å². The predicted molar refractivity (Wildman–Crippen MR) is 82.5 cm³/mol. The first kappa shape index (κ1) is 14.3. The third-order valence-corrected chi connectivity index (χ3v) is 3.76. The molecule has 102 valence electrons. The van der Waals surface area contributed by atoms with Crippen LogP contribution in [0.25, 0.3) is 10.9 Å². The van der Waals surface area contributed by atoms with E-state index in [4.69, 9.17) is 0 Å². The van der Waals surface area contributed by atoms with E-state index in [-0.39, 0.29) is 5.56 Å². The van der Waals surface area contributed by atoms with Crippen LogP contribution in [0.15, 0.2) is 27.5 Å². The van der Waals surface area contributed by atoms with Gasteiger partial charge in [0, 0.05) is 17.4 Å². The highest BCUT2D eigenvalue weighted by Crippen LogP contribution is 2.19. The second-order valence-electron chi connectivity index (χ2n) is 5.18. The molecule has 4 heteroatoms. The van der Waals surface area contributed by atoms with Crippen LogP contribution >= 0.6 is 15.9 Å². The first-order valence-corrected chi connectivity index (χ1v) is 7.51. The van der Waals surface area contributed by atoms with Crippen LogP contribution in [0, 0.1) is 5.92 Å². The lowest BCUT2D eigenvalue weighted by Gasteiger charge is -2.16. The Balaban J connectivity index is 2.65. The minimum absolute atomic E-state index is 0.125. The highest BCUT2D eigenvalue weighted by molar-refractivity contribution is 9.10. The fourth-order valence-corrected chi connectivity index (χ4v) is 2.54. The fraction of sp³-hybridized carbons (Fsp3) is 0.467. The Morgan fingerprint density at radius 1 is 1.37 bits per heavy atom. The summed E-state index contributed by atoms with van der Waals surface area (Å²) in [6, 6.07) is 5.75. The SMILES string of the molecule is CCc1nc(=O)c2ccc(Br)cc2n1CCC(C)C. The van der Waals surface area contributed by atoms with Crippen LogP contribution in [0.3, 0.4) is 0 Å². The molecule has 0 fully saturated rings. The second kappa shape index (κ2) is 5.87. The number of benzene rings is 1. The van der Waals surface area contributed by atoms with E-state index in [1.165, 1.54) is 0 Å². The van der Waals surface area contributed by atoms with E-state index < -0.39 is 0 Å². The number of nitrogens with zero attached hydrogens (tertiary/aromatic N) is 2. The van der Waals surface area contributed by atoms with Crippen molar-refractivity contribution in [3.63, 3.8) is 0 Å². The predicted octanol–water partition coefficient (Wildman–Crippen LogP) is 3.77. The quantitative estimate of drug-likeness (QED) is 0.858. The molecule has 2 aromatic rings. The van der Waals surface area contributed by atoms with Gasteiger partial charge >= 0.3 is 0 Å². The van der Waals surface area contributed by atoms with E-state index in [0.717, 1.165) is 35.2 Å². The molecule has 0 N–H and O–H groups in total. The van der Waals surface area contributed by atoms with E-state index in [0.29, 0.717) is 11.3 Å². The molecule has 0 aliphatic rings. The highest BCUT2D eigenvalue weighted by Gasteiger charge is 2.10. The summed E-state index contributed by atoms with van der Waals surface area (Å²) in [5.41, 5.74) is 0.854. The Labute approximate surface area is 121 Å². The minimum atomic E-state index is -0.125. The normalized spacial score (nSPS) is 11.4. The van der Waals surface area contributed by atoms with Gasteiger partial charge in [0.2, 0.25) is 0 Å². The van der Waals surface area contributed by atoms with Crippen LogP contribution in [0.1, 0.15) is 33.0 Å². The fourth-order valence-electron chi connectivity index (χ4n) is 2.19. The van der Waals surface area contributed by atoms with Crippen molar-refractivity contribution in [2.45, 2.75) is 40.2 Å². The smallest absolute Gasteiger partial charge is 0.280 e. The summed E-state index contributed by atoms with van der Waals surface area (Å²) < 4.78 is 3.17. The van der Waals surface area contributed by atoms with Gasteiger partial charge < -0.3 is 4.57 Å². The van der Waals surface area contributed by atoms with E-state index in [2.05, 4.69) is 39.3 Å². The van der Waals surface area contributed by atoms with Crippen molar-refractivity contribution in [1.29, 1.82) is 0 Å². The van der Waals surface area contributed by atoms with Gasteiger partial charge in [-0.25, -0.2) is 0 Å². The maximum atomic E-state index is 12.0. The van der Waals surface area contributed by atoms with Crippen LogP contribution < -0.4 is 5.56 Å². The lowest BCUT2D eigenvalue weighted by molar-refractivity contribution is 0.508. The van der Waals surface area contributed by atoms with Gasteiger partial charge in [0.05, 0.1) is 10.9 Å². The number of fused-ring (bicyclic) bond motifs is 1. The van der Waals surface area contributed by atoms with Crippen molar-refractivity contribution in [3.8, 4) is 0 Å². The van der Waals surface area contributed by atoms with Crippen molar-refractivity contribution < 1.29 is 0 Å². The number of halogens is 1. The molecule has 0 radical (unpaired) electrons. The van der Waals surface area contributed by atoms with Gasteiger partial charge in [0.25, 0.3) is 5.56 Å². The zero-order chi connectivity index (χ0) is 14.0. The lowest BCUT2D eigenvalue weighted by Crippen LogP contribution is -2.19. The van der Waals surface area contributed by atoms with Crippen LogP contribution in [-0.4, -0.2) is 9.55 Å². The van der Waals surface area contributed by atoms with Gasteiger partial charge in [-0.15, -0.1) is 0 Å². The average Bonchev–Trinajstić information content (AvgIpc) is 2.36. The maximum absolute atomic E-state index is 12.0. The second-order valence-corrected chi connectivity index (χ2v) is 6.10. The van der Waals surface area contributed by atoms with Gasteiger partial charge in [0.1, 0.15) is 5.82 Å². The lowest BCUT2D eigenvalue weighted by atomic mass is 10.1. The standard InChI is InChI=1S/C15H19BrN2O/c1-4-14-17-15(19)12-6-5-11(16)9-13(12)18(14)8-7-10(2)3/h5-6,9-10H,4,7-8H2,1-3H3. The molecule has 1 aromatic heterocycles. The van der Waals surface area contributed by atoms with Crippen LogP contribution in [0.5, 0.6) is 0 Å². The third kappa shape index (κ3) is 3.06. The number of hydrogen-bond donors (Lipinski definition) is 0. The molecule has 0 amide bonds. The number of rotatable bonds is 4. The van der Waals surface area contributed by atoms with Gasteiger partial charge in [-0.05, 0) is 30.5 Å². The molecule has 0 spiro atoms. The molecule has 0 bridgehead atoms. The first-order valence-electron chi connectivity index (χ1n) is 6.72. The molecule has 19 heavy (non-hydrogen) atoms. The summed E-state index contributed by atoms with van der Waals surface area (Å²) in [6.07, 6.45) is 1.86. The molecule has 0 saturated carbocycles. The molecule has 0 aliphatic carbocycles. The number of aryl methyl sites for hydroxylation is 2. The van der Waals surface area contributed by atoms with E-state index in [1.54, 1.807) is 0 Å². The van der Waals surface area contributed by atoms with Crippen molar-refractivity contribution in [2.24, 2.45) is 5.92 Å². The molecule has 1 aromatic carbocycles. The molecular formula is C15H19BrN2O. The Bertz CT molecular complexity index is 646. The third-order valence-electron chi connectivity index (χ3n) is 3.27. The van der Waals surface area contributed by atoms with E-state index in [9.17, 15) is 4.79 Å². The minimum Gasteiger partial charge on any atom is -0.329 e. The number of hydrogen-bond acceptors (Lipinski definition) is 2.